The molecular weight excluding hydrogens is 370 g/mol. The molecule has 6 heteroatoms. The van der Waals surface area contributed by atoms with Crippen LogP contribution in [0.15, 0.2) is 48.7 Å². The van der Waals surface area contributed by atoms with Crippen molar-refractivity contribution in [3.8, 4) is 11.3 Å². The minimum Gasteiger partial charge on any atom is -0.268 e. The maximum atomic E-state index is 14.2. The lowest BCUT2D eigenvalue weighted by Gasteiger charge is -2.17. The van der Waals surface area contributed by atoms with E-state index in [-0.39, 0.29) is 5.82 Å². The zero-order valence-corrected chi connectivity index (χ0v) is 15.1. The minimum atomic E-state index is -0.682. The lowest BCUT2D eigenvalue weighted by molar-refractivity contribution is 0.612. The fraction of sp³-hybridized carbons (Fsp3) is 0.167. The zero-order chi connectivity index (χ0) is 17.3. The summed E-state index contributed by atoms with van der Waals surface area (Å²) in [6, 6.07) is 11.8. The molecule has 0 saturated heterocycles. The second-order valence-corrected chi connectivity index (χ2v) is 6.53. The van der Waals surface area contributed by atoms with E-state index in [0.717, 1.165) is 16.8 Å². The van der Waals surface area contributed by atoms with Gasteiger partial charge in [-0.1, -0.05) is 35.9 Å². The first-order valence-electron chi connectivity index (χ1n) is 7.28. The second kappa shape index (κ2) is 7.14. The van der Waals surface area contributed by atoms with E-state index in [1.54, 1.807) is 41.2 Å². The molecule has 0 aliphatic heterocycles. The molecule has 0 N–H and O–H groups in total. The number of rotatable bonds is 4. The van der Waals surface area contributed by atoms with Crippen molar-refractivity contribution in [3.63, 3.8) is 0 Å². The molecular formula is C18H14Cl3FN2. The molecule has 0 spiro atoms. The predicted octanol–water partition coefficient (Wildman–Crippen LogP) is 5.95. The quantitative estimate of drug-likeness (QED) is 0.509. The van der Waals surface area contributed by atoms with Crippen molar-refractivity contribution in [1.29, 1.82) is 0 Å². The third-order valence-electron chi connectivity index (χ3n) is 3.88. The summed E-state index contributed by atoms with van der Waals surface area (Å²) >= 11 is 18.8. The molecule has 124 valence electrons. The molecule has 0 amide bonds. The van der Waals surface area contributed by atoms with Crippen LogP contribution in [0, 0.1) is 5.82 Å². The van der Waals surface area contributed by atoms with Gasteiger partial charge >= 0.3 is 0 Å². The molecule has 1 unspecified atom stereocenters. The van der Waals surface area contributed by atoms with Crippen molar-refractivity contribution >= 4 is 34.8 Å². The number of aryl methyl sites for hydroxylation is 1. The molecule has 2 nitrogen and oxygen atoms in total. The molecule has 0 saturated carbocycles. The summed E-state index contributed by atoms with van der Waals surface area (Å²) < 4.78 is 15.9. The number of hydrogen-bond donors (Lipinski definition) is 0. The minimum absolute atomic E-state index is 0.317. The SMILES string of the molecule is Cn1ncc(CCl)c1-c1ccc(Cl)cc1C(Cl)c1ccccc1F. The van der Waals surface area contributed by atoms with Crippen molar-refractivity contribution in [1.82, 2.24) is 9.78 Å². The van der Waals surface area contributed by atoms with Crippen molar-refractivity contribution in [2.24, 2.45) is 7.05 Å². The van der Waals surface area contributed by atoms with Crippen molar-refractivity contribution in [3.05, 3.63) is 76.2 Å². The van der Waals surface area contributed by atoms with Gasteiger partial charge in [0.1, 0.15) is 5.82 Å². The number of benzene rings is 2. The van der Waals surface area contributed by atoms with Gasteiger partial charge in [0.15, 0.2) is 0 Å². The van der Waals surface area contributed by atoms with E-state index in [1.807, 2.05) is 13.1 Å². The molecule has 1 aromatic heterocycles. The molecule has 1 atom stereocenters. The Balaban J connectivity index is 2.20. The summed E-state index contributed by atoms with van der Waals surface area (Å²) in [5.41, 5.74) is 3.67. The third kappa shape index (κ3) is 3.16. The normalized spacial score (nSPS) is 12.4. The highest BCUT2D eigenvalue weighted by molar-refractivity contribution is 6.31. The van der Waals surface area contributed by atoms with Gasteiger partial charge in [-0.2, -0.15) is 5.10 Å². The van der Waals surface area contributed by atoms with Gasteiger partial charge in [0.25, 0.3) is 0 Å². The molecule has 0 fully saturated rings. The molecule has 0 radical (unpaired) electrons. The molecule has 1 heterocycles. The largest absolute Gasteiger partial charge is 0.268 e. The van der Waals surface area contributed by atoms with Crippen LogP contribution >= 0.6 is 34.8 Å². The summed E-state index contributed by atoms with van der Waals surface area (Å²) in [6.07, 6.45) is 1.72. The highest BCUT2D eigenvalue weighted by Crippen LogP contribution is 2.39. The van der Waals surface area contributed by atoms with E-state index in [0.29, 0.717) is 22.0 Å². The molecule has 2 aromatic carbocycles. The smallest absolute Gasteiger partial charge is 0.128 e. The van der Waals surface area contributed by atoms with E-state index in [2.05, 4.69) is 5.10 Å². The summed E-state index contributed by atoms with van der Waals surface area (Å²) in [5, 5.41) is 4.11. The lowest BCUT2D eigenvalue weighted by Crippen LogP contribution is -2.03. The van der Waals surface area contributed by atoms with Gasteiger partial charge in [0.05, 0.1) is 23.1 Å². The summed E-state index contributed by atoms with van der Waals surface area (Å²) in [7, 11) is 1.83. The summed E-state index contributed by atoms with van der Waals surface area (Å²) in [4.78, 5) is 0. The fourth-order valence-electron chi connectivity index (χ4n) is 2.74. The van der Waals surface area contributed by atoms with Crippen LogP contribution in [-0.2, 0) is 12.9 Å². The number of nitrogens with zero attached hydrogens (tertiary/aromatic N) is 2. The van der Waals surface area contributed by atoms with Crippen LogP contribution in [0.5, 0.6) is 0 Å². The standard InChI is InChI=1S/C18H14Cl3FN2/c1-24-18(11(9-19)10-23-24)13-7-6-12(20)8-15(13)17(21)14-4-2-3-5-16(14)22/h2-8,10,17H,9H2,1H3. The van der Waals surface area contributed by atoms with Gasteiger partial charge < -0.3 is 0 Å². The maximum Gasteiger partial charge on any atom is 0.128 e. The van der Waals surface area contributed by atoms with Gasteiger partial charge in [-0.15, -0.1) is 23.2 Å². The van der Waals surface area contributed by atoms with Crippen molar-refractivity contribution in [2.75, 3.05) is 0 Å². The van der Waals surface area contributed by atoms with Gasteiger partial charge in [-0.25, -0.2) is 4.39 Å². The maximum absolute atomic E-state index is 14.2. The van der Waals surface area contributed by atoms with Crippen molar-refractivity contribution < 1.29 is 4.39 Å². The Labute approximate surface area is 154 Å². The summed E-state index contributed by atoms with van der Waals surface area (Å²) in [6.45, 7) is 0. The van der Waals surface area contributed by atoms with Crippen LogP contribution in [0.25, 0.3) is 11.3 Å². The first-order valence-corrected chi connectivity index (χ1v) is 8.63. The Kier molecular flexibility index (Phi) is 5.14. The van der Waals surface area contributed by atoms with Crippen LogP contribution in [0.1, 0.15) is 22.1 Å². The molecule has 0 aliphatic rings. The zero-order valence-electron chi connectivity index (χ0n) is 12.8. The van der Waals surface area contributed by atoms with Gasteiger partial charge in [-0.05, 0) is 23.8 Å². The van der Waals surface area contributed by atoms with Gasteiger partial charge in [0.2, 0.25) is 0 Å². The molecule has 0 aliphatic carbocycles. The van der Waals surface area contributed by atoms with Crippen LogP contribution in [0.4, 0.5) is 4.39 Å². The number of hydrogen-bond acceptors (Lipinski definition) is 1. The van der Waals surface area contributed by atoms with E-state index in [9.17, 15) is 4.39 Å². The van der Waals surface area contributed by atoms with Gasteiger partial charge in [0, 0.05) is 28.8 Å². The topological polar surface area (TPSA) is 17.8 Å². The second-order valence-electron chi connectivity index (χ2n) is 5.39. The Morgan fingerprint density at radius 2 is 1.92 bits per heavy atom. The number of alkyl halides is 2. The highest BCUT2D eigenvalue weighted by Gasteiger charge is 2.22. The number of aromatic nitrogens is 2. The molecule has 3 aromatic rings. The first kappa shape index (κ1) is 17.3. The predicted molar refractivity (Wildman–Crippen MR) is 97.3 cm³/mol. The van der Waals surface area contributed by atoms with Crippen LogP contribution in [0.3, 0.4) is 0 Å². The third-order valence-corrected chi connectivity index (χ3v) is 4.87. The fourth-order valence-corrected chi connectivity index (χ4v) is 3.47. The molecule has 3 rings (SSSR count). The average Bonchev–Trinajstić information content (AvgIpc) is 2.95. The van der Waals surface area contributed by atoms with E-state index in [4.69, 9.17) is 34.8 Å². The number of halogens is 4. The Morgan fingerprint density at radius 3 is 2.62 bits per heavy atom. The Hall–Kier alpha value is -1.55. The molecule has 0 bridgehead atoms. The highest BCUT2D eigenvalue weighted by atomic mass is 35.5. The van der Waals surface area contributed by atoms with E-state index < -0.39 is 5.38 Å². The van der Waals surface area contributed by atoms with Crippen LogP contribution in [-0.4, -0.2) is 9.78 Å². The Morgan fingerprint density at radius 1 is 1.17 bits per heavy atom. The van der Waals surface area contributed by atoms with Gasteiger partial charge in [-0.3, -0.25) is 4.68 Å². The summed E-state index contributed by atoms with van der Waals surface area (Å²) in [5.74, 6) is -0.0382. The lowest BCUT2D eigenvalue weighted by atomic mass is 9.95. The first-order chi connectivity index (χ1) is 11.5. The van der Waals surface area contributed by atoms with Crippen LogP contribution in [0.2, 0.25) is 5.02 Å². The average molecular weight is 384 g/mol. The van der Waals surface area contributed by atoms with Crippen molar-refractivity contribution in [2.45, 2.75) is 11.3 Å². The van der Waals surface area contributed by atoms with E-state index >= 15 is 0 Å². The van der Waals surface area contributed by atoms with E-state index in [1.165, 1.54) is 6.07 Å². The molecule has 24 heavy (non-hydrogen) atoms. The monoisotopic (exact) mass is 382 g/mol. The Bertz CT molecular complexity index is 876. The van der Waals surface area contributed by atoms with Crippen LogP contribution < -0.4 is 0 Å².